The highest BCUT2D eigenvalue weighted by Crippen LogP contribution is 2.42. The summed E-state index contributed by atoms with van der Waals surface area (Å²) in [6.45, 7) is 7.39. The summed E-state index contributed by atoms with van der Waals surface area (Å²) in [7, 11) is 3.20. The number of aromatic nitrogens is 2. The van der Waals surface area contributed by atoms with Gasteiger partial charge in [-0.3, -0.25) is 0 Å². The first-order valence-electron chi connectivity index (χ1n) is 11.6. The second-order valence-corrected chi connectivity index (χ2v) is 8.16. The van der Waals surface area contributed by atoms with Crippen LogP contribution in [-0.4, -0.2) is 56.5 Å². The Morgan fingerprint density at radius 1 is 0.941 bits per heavy atom. The summed E-state index contributed by atoms with van der Waals surface area (Å²) in [6, 6.07) is 5.77. The molecule has 2 heterocycles. The molecule has 0 aliphatic carbocycles. The SMILES string of the molecule is CCCOCCN(CCC)c1ncc(-c2c3c(cc4cc(OC)c(OC)cc24)COC3=O)cn1. The summed E-state index contributed by atoms with van der Waals surface area (Å²) < 4.78 is 22.0. The van der Waals surface area contributed by atoms with E-state index in [-0.39, 0.29) is 12.6 Å². The minimum atomic E-state index is -0.341. The molecule has 2 aromatic carbocycles. The molecule has 0 saturated heterocycles. The van der Waals surface area contributed by atoms with E-state index < -0.39 is 0 Å². The maximum Gasteiger partial charge on any atom is 0.339 e. The van der Waals surface area contributed by atoms with Gasteiger partial charge in [0.05, 0.1) is 26.4 Å². The topological polar surface area (TPSA) is 83.0 Å². The van der Waals surface area contributed by atoms with Crippen molar-refractivity contribution in [2.24, 2.45) is 0 Å². The molecule has 1 aromatic heterocycles. The van der Waals surface area contributed by atoms with Crippen LogP contribution in [0.1, 0.15) is 42.6 Å². The molecule has 34 heavy (non-hydrogen) atoms. The minimum Gasteiger partial charge on any atom is -0.493 e. The highest BCUT2D eigenvalue weighted by Gasteiger charge is 2.28. The molecule has 180 valence electrons. The van der Waals surface area contributed by atoms with Crippen molar-refractivity contribution < 1.29 is 23.7 Å². The van der Waals surface area contributed by atoms with E-state index in [1.54, 1.807) is 26.6 Å². The molecular weight excluding hydrogens is 434 g/mol. The second-order valence-electron chi connectivity index (χ2n) is 8.16. The van der Waals surface area contributed by atoms with Gasteiger partial charge < -0.3 is 23.8 Å². The molecule has 0 saturated carbocycles. The molecule has 0 fully saturated rings. The van der Waals surface area contributed by atoms with E-state index >= 15 is 0 Å². The smallest absolute Gasteiger partial charge is 0.339 e. The van der Waals surface area contributed by atoms with E-state index in [0.717, 1.165) is 60.0 Å². The van der Waals surface area contributed by atoms with E-state index in [2.05, 4.69) is 28.7 Å². The summed E-state index contributed by atoms with van der Waals surface area (Å²) in [5.74, 6) is 1.51. The van der Waals surface area contributed by atoms with Gasteiger partial charge >= 0.3 is 5.97 Å². The number of cyclic esters (lactones) is 1. The molecule has 0 amide bonds. The molecule has 0 bridgehead atoms. The summed E-state index contributed by atoms with van der Waals surface area (Å²) in [5.41, 5.74) is 2.88. The van der Waals surface area contributed by atoms with Crippen molar-refractivity contribution in [2.75, 3.05) is 45.4 Å². The number of benzene rings is 2. The Morgan fingerprint density at radius 2 is 1.68 bits per heavy atom. The van der Waals surface area contributed by atoms with Gasteiger partial charge in [0, 0.05) is 48.8 Å². The quantitative estimate of drug-likeness (QED) is 0.299. The maximum absolute atomic E-state index is 12.7. The van der Waals surface area contributed by atoms with Crippen LogP contribution in [0.4, 0.5) is 5.95 Å². The van der Waals surface area contributed by atoms with Crippen LogP contribution in [0.2, 0.25) is 0 Å². The predicted molar refractivity (Wildman–Crippen MR) is 131 cm³/mol. The van der Waals surface area contributed by atoms with Gasteiger partial charge in [-0.05, 0) is 41.8 Å². The van der Waals surface area contributed by atoms with Crippen LogP contribution in [0, 0.1) is 0 Å². The van der Waals surface area contributed by atoms with Crippen LogP contribution in [0.5, 0.6) is 11.5 Å². The van der Waals surface area contributed by atoms with Crippen molar-refractivity contribution in [1.29, 1.82) is 0 Å². The third kappa shape index (κ3) is 4.63. The van der Waals surface area contributed by atoms with Crippen LogP contribution in [0.3, 0.4) is 0 Å². The molecule has 0 radical (unpaired) electrons. The van der Waals surface area contributed by atoms with Crippen molar-refractivity contribution in [3.63, 3.8) is 0 Å². The molecule has 8 nitrogen and oxygen atoms in total. The second kappa shape index (κ2) is 10.7. The van der Waals surface area contributed by atoms with Crippen LogP contribution >= 0.6 is 0 Å². The molecule has 4 rings (SSSR count). The number of ether oxygens (including phenoxy) is 4. The normalized spacial score (nSPS) is 12.5. The fourth-order valence-corrected chi connectivity index (χ4v) is 4.26. The van der Waals surface area contributed by atoms with Gasteiger partial charge in [-0.2, -0.15) is 0 Å². The molecule has 0 unspecified atom stereocenters. The maximum atomic E-state index is 12.7. The van der Waals surface area contributed by atoms with Crippen LogP contribution in [-0.2, 0) is 16.1 Å². The monoisotopic (exact) mass is 465 g/mol. The van der Waals surface area contributed by atoms with Gasteiger partial charge in [0.2, 0.25) is 5.95 Å². The van der Waals surface area contributed by atoms with Crippen LogP contribution in [0.15, 0.2) is 30.6 Å². The van der Waals surface area contributed by atoms with Gasteiger partial charge in [0.1, 0.15) is 6.61 Å². The van der Waals surface area contributed by atoms with E-state index in [9.17, 15) is 4.79 Å². The minimum absolute atomic E-state index is 0.242. The molecular formula is C26H31N3O5. The Balaban J connectivity index is 1.77. The Kier molecular flexibility index (Phi) is 7.47. The van der Waals surface area contributed by atoms with E-state index in [1.165, 1.54) is 0 Å². The average Bonchev–Trinajstić information content (AvgIpc) is 3.23. The lowest BCUT2D eigenvalue weighted by molar-refractivity contribution is 0.0535. The van der Waals surface area contributed by atoms with Crippen molar-refractivity contribution in [2.45, 2.75) is 33.3 Å². The van der Waals surface area contributed by atoms with Crippen molar-refractivity contribution >= 4 is 22.7 Å². The molecule has 1 aliphatic heterocycles. The number of nitrogens with zero attached hydrogens (tertiary/aromatic N) is 3. The lowest BCUT2D eigenvalue weighted by atomic mass is 9.91. The fourth-order valence-electron chi connectivity index (χ4n) is 4.26. The predicted octanol–water partition coefficient (Wildman–Crippen LogP) is 4.63. The van der Waals surface area contributed by atoms with Gasteiger partial charge in [-0.1, -0.05) is 13.8 Å². The van der Waals surface area contributed by atoms with Crippen LogP contribution < -0.4 is 14.4 Å². The Labute approximate surface area is 199 Å². The Bertz CT molecular complexity index is 1160. The summed E-state index contributed by atoms with van der Waals surface area (Å²) >= 11 is 0. The molecule has 0 N–H and O–H groups in total. The number of rotatable bonds is 11. The van der Waals surface area contributed by atoms with Gasteiger partial charge in [0.25, 0.3) is 0 Å². The number of methoxy groups -OCH3 is 2. The molecule has 8 heteroatoms. The zero-order valence-electron chi connectivity index (χ0n) is 20.2. The largest absolute Gasteiger partial charge is 0.493 e. The third-order valence-corrected chi connectivity index (χ3v) is 5.85. The number of esters is 1. The van der Waals surface area contributed by atoms with Gasteiger partial charge in [-0.25, -0.2) is 14.8 Å². The van der Waals surface area contributed by atoms with E-state index in [1.807, 2.05) is 18.2 Å². The number of fused-ring (bicyclic) bond motifs is 2. The average molecular weight is 466 g/mol. The number of carbonyl (C=O) groups is 1. The van der Waals surface area contributed by atoms with E-state index in [4.69, 9.17) is 18.9 Å². The Hall–Kier alpha value is -3.39. The highest BCUT2D eigenvalue weighted by molar-refractivity contribution is 6.11. The lowest BCUT2D eigenvalue weighted by Gasteiger charge is -2.22. The van der Waals surface area contributed by atoms with Crippen molar-refractivity contribution in [3.8, 4) is 22.6 Å². The molecule has 1 aliphatic rings. The highest BCUT2D eigenvalue weighted by atomic mass is 16.5. The van der Waals surface area contributed by atoms with Crippen LogP contribution in [0.25, 0.3) is 21.9 Å². The molecule has 3 aromatic rings. The third-order valence-electron chi connectivity index (χ3n) is 5.85. The lowest BCUT2D eigenvalue weighted by Crippen LogP contribution is -2.30. The fraction of sp³-hybridized carbons (Fsp3) is 0.423. The summed E-state index contributed by atoms with van der Waals surface area (Å²) in [4.78, 5) is 24.1. The first-order chi connectivity index (χ1) is 16.6. The molecule has 0 atom stereocenters. The number of hydrogen-bond donors (Lipinski definition) is 0. The van der Waals surface area contributed by atoms with Crippen molar-refractivity contribution in [3.05, 3.63) is 41.7 Å². The van der Waals surface area contributed by atoms with E-state index in [0.29, 0.717) is 29.6 Å². The molecule has 0 spiro atoms. The first kappa shape index (κ1) is 23.8. The number of hydrogen-bond acceptors (Lipinski definition) is 8. The Morgan fingerprint density at radius 3 is 2.35 bits per heavy atom. The summed E-state index contributed by atoms with van der Waals surface area (Å²) in [6.07, 6.45) is 5.52. The number of anilines is 1. The zero-order chi connectivity index (χ0) is 24.1. The summed E-state index contributed by atoms with van der Waals surface area (Å²) in [5, 5.41) is 1.78. The standard InChI is InChI=1S/C26H31N3O5/c1-5-7-29(8-10-33-9-6-2)26-27-14-19(15-28-26)23-20-13-22(32-4)21(31-3)12-17(20)11-18-16-34-25(30)24(18)23/h11-15H,5-10,16H2,1-4H3. The van der Waals surface area contributed by atoms with Gasteiger partial charge in [-0.15, -0.1) is 0 Å². The number of carbonyl (C=O) groups excluding carboxylic acids is 1. The first-order valence-corrected chi connectivity index (χ1v) is 11.6. The van der Waals surface area contributed by atoms with Crippen molar-refractivity contribution in [1.82, 2.24) is 9.97 Å². The van der Waals surface area contributed by atoms with Gasteiger partial charge in [0.15, 0.2) is 11.5 Å². The zero-order valence-corrected chi connectivity index (χ0v) is 20.2.